The van der Waals surface area contributed by atoms with Crippen LogP contribution in [0.4, 0.5) is 26.3 Å². The van der Waals surface area contributed by atoms with Crippen molar-refractivity contribution in [3.63, 3.8) is 0 Å². The van der Waals surface area contributed by atoms with Crippen molar-refractivity contribution in [2.24, 2.45) is 0 Å². The Kier molecular flexibility index (Phi) is 8.41. The zero-order chi connectivity index (χ0) is 26.6. The van der Waals surface area contributed by atoms with Crippen molar-refractivity contribution >= 4 is 11.1 Å². The average molecular weight is 499 g/mol. The van der Waals surface area contributed by atoms with E-state index < -0.39 is 34.9 Å². The van der Waals surface area contributed by atoms with Crippen LogP contribution in [0.15, 0.2) is 72.9 Å². The molecule has 0 unspecified atom stereocenters. The SMILES string of the molecule is C/C=C\C=C(/C)c1cc(-c2cc(F)c(F)c(F)c2)c(/C(C)=C/C=C\C)cc1-c1cc(F)c(F)c(F)c1. The molecule has 0 aliphatic rings. The number of hydrogen-bond donors (Lipinski definition) is 0. The molecular weight excluding hydrogens is 474 g/mol. The first kappa shape index (κ1) is 26.8. The monoisotopic (exact) mass is 498 g/mol. The standard InChI is InChI=1S/C30H24F6/c1-5-7-9-17(3)21-15-24(20-13-27(33)30(36)28(34)14-20)22(18(4)10-8-6-2)16-23(21)19-11-25(31)29(35)26(32)12-19/h5-16H,1-4H3/b7-5-,8-6-,17-9+,18-10+. The molecular formula is C30H24F6. The lowest BCUT2D eigenvalue weighted by Crippen LogP contribution is -1.99. The van der Waals surface area contributed by atoms with E-state index in [1.807, 2.05) is 13.8 Å². The lowest BCUT2D eigenvalue weighted by molar-refractivity contribution is 0.447. The minimum absolute atomic E-state index is 0.0812. The van der Waals surface area contributed by atoms with Crippen LogP contribution in [0.5, 0.6) is 0 Å². The summed E-state index contributed by atoms with van der Waals surface area (Å²) in [5.74, 6) is -8.55. The highest BCUT2D eigenvalue weighted by Gasteiger charge is 2.20. The van der Waals surface area contributed by atoms with E-state index in [0.29, 0.717) is 33.4 Å². The summed E-state index contributed by atoms with van der Waals surface area (Å²) in [5.41, 5.74) is 3.22. The summed E-state index contributed by atoms with van der Waals surface area (Å²) >= 11 is 0. The van der Waals surface area contributed by atoms with E-state index in [2.05, 4.69) is 0 Å². The molecule has 0 aliphatic carbocycles. The average Bonchev–Trinajstić information content (AvgIpc) is 2.86. The van der Waals surface area contributed by atoms with Gasteiger partial charge < -0.3 is 0 Å². The van der Waals surface area contributed by atoms with Gasteiger partial charge in [-0.05, 0) is 109 Å². The first-order chi connectivity index (χ1) is 17.1. The Labute approximate surface area is 206 Å². The van der Waals surface area contributed by atoms with Gasteiger partial charge in [-0.15, -0.1) is 0 Å². The fourth-order valence-corrected chi connectivity index (χ4v) is 3.81. The first-order valence-electron chi connectivity index (χ1n) is 11.2. The molecule has 0 aliphatic heterocycles. The van der Waals surface area contributed by atoms with E-state index in [4.69, 9.17) is 0 Å². The number of halogens is 6. The van der Waals surface area contributed by atoms with Crippen molar-refractivity contribution in [3.8, 4) is 22.3 Å². The van der Waals surface area contributed by atoms with Gasteiger partial charge >= 0.3 is 0 Å². The Morgan fingerprint density at radius 3 is 1.11 bits per heavy atom. The molecule has 0 atom stereocenters. The molecule has 0 saturated heterocycles. The second-order valence-corrected chi connectivity index (χ2v) is 8.20. The van der Waals surface area contributed by atoms with Gasteiger partial charge in [-0.25, -0.2) is 26.3 Å². The van der Waals surface area contributed by atoms with Gasteiger partial charge in [0.2, 0.25) is 0 Å². The van der Waals surface area contributed by atoms with Crippen LogP contribution in [-0.2, 0) is 0 Å². The molecule has 0 nitrogen and oxygen atoms in total. The second kappa shape index (κ2) is 11.3. The van der Waals surface area contributed by atoms with Crippen molar-refractivity contribution in [1.29, 1.82) is 0 Å². The predicted molar refractivity (Wildman–Crippen MR) is 134 cm³/mol. The van der Waals surface area contributed by atoms with Crippen LogP contribution in [0.3, 0.4) is 0 Å². The Hall–Kier alpha value is -3.80. The minimum atomic E-state index is -1.58. The molecule has 0 heterocycles. The van der Waals surface area contributed by atoms with Crippen LogP contribution in [0, 0.1) is 34.9 Å². The van der Waals surface area contributed by atoms with Crippen LogP contribution < -0.4 is 0 Å². The maximum atomic E-state index is 14.2. The molecule has 0 aromatic heterocycles. The highest BCUT2D eigenvalue weighted by Crippen LogP contribution is 2.40. The topological polar surface area (TPSA) is 0 Å². The van der Waals surface area contributed by atoms with E-state index >= 15 is 0 Å². The molecule has 0 N–H and O–H groups in total. The quantitative estimate of drug-likeness (QED) is 0.180. The molecule has 0 bridgehead atoms. The van der Waals surface area contributed by atoms with Crippen LogP contribution in [-0.4, -0.2) is 0 Å². The lowest BCUT2D eigenvalue weighted by atomic mass is 9.85. The van der Waals surface area contributed by atoms with Crippen molar-refractivity contribution in [1.82, 2.24) is 0 Å². The van der Waals surface area contributed by atoms with Crippen molar-refractivity contribution in [3.05, 3.63) is 119 Å². The van der Waals surface area contributed by atoms with Gasteiger partial charge in [0.15, 0.2) is 34.9 Å². The van der Waals surface area contributed by atoms with E-state index in [-0.39, 0.29) is 11.1 Å². The van der Waals surface area contributed by atoms with Crippen LogP contribution >= 0.6 is 0 Å². The largest absolute Gasteiger partial charge is 0.204 e. The maximum absolute atomic E-state index is 14.2. The molecule has 186 valence electrons. The van der Waals surface area contributed by atoms with E-state index in [9.17, 15) is 26.3 Å². The highest BCUT2D eigenvalue weighted by atomic mass is 19.2. The summed E-state index contributed by atoms with van der Waals surface area (Å²) in [7, 11) is 0. The number of allylic oxidation sites excluding steroid dienone is 8. The number of benzene rings is 3. The Morgan fingerprint density at radius 2 is 0.833 bits per heavy atom. The fraction of sp³-hybridized carbons (Fsp3) is 0.133. The third kappa shape index (κ3) is 5.54. The Balaban J connectivity index is 2.48. The van der Waals surface area contributed by atoms with Gasteiger partial charge in [0.25, 0.3) is 0 Å². The molecule has 3 aromatic carbocycles. The molecule has 3 rings (SSSR count). The highest BCUT2D eigenvalue weighted by molar-refractivity contribution is 5.91. The summed E-state index contributed by atoms with van der Waals surface area (Å²) < 4.78 is 84.1. The van der Waals surface area contributed by atoms with Gasteiger partial charge in [0.05, 0.1) is 0 Å². The van der Waals surface area contributed by atoms with Crippen LogP contribution in [0.25, 0.3) is 33.4 Å². The summed E-state index contributed by atoms with van der Waals surface area (Å²) in [4.78, 5) is 0. The third-order valence-electron chi connectivity index (χ3n) is 5.67. The molecule has 0 spiro atoms. The van der Waals surface area contributed by atoms with E-state index in [1.54, 1.807) is 62.4 Å². The molecule has 0 fully saturated rings. The smallest absolute Gasteiger partial charge is 0.194 e. The Morgan fingerprint density at radius 1 is 0.528 bits per heavy atom. The summed E-state index contributed by atoms with van der Waals surface area (Å²) in [5, 5.41) is 0. The second-order valence-electron chi connectivity index (χ2n) is 8.20. The lowest BCUT2D eigenvalue weighted by Gasteiger charge is -2.19. The van der Waals surface area contributed by atoms with Gasteiger partial charge in [-0.1, -0.05) is 36.5 Å². The number of hydrogen-bond acceptors (Lipinski definition) is 0. The summed E-state index contributed by atoms with van der Waals surface area (Å²) in [6.45, 7) is 7.13. The normalized spacial score (nSPS) is 12.8. The summed E-state index contributed by atoms with van der Waals surface area (Å²) in [6.07, 6.45) is 10.6. The van der Waals surface area contributed by atoms with Crippen molar-refractivity contribution < 1.29 is 26.3 Å². The van der Waals surface area contributed by atoms with Crippen molar-refractivity contribution in [2.45, 2.75) is 27.7 Å². The van der Waals surface area contributed by atoms with Gasteiger partial charge in [-0.3, -0.25) is 0 Å². The maximum Gasteiger partial charge on any atom is 0.194 e. The van der Waals surface area contributed by atoms with Gasteiger partial charge in [0.1, 0.15) is 0 Å². The fourth-order valence-electron chi connectivity index (χ4n) is 3.81. The van der Waals surface area contributed by atoms with Crippen LogP contribution in [0.1, 0.15) is 38.8 Å². The Bertz CT molecular complexity index is 1270. The molecule has 6 heteroatoms. The van der Waals surface area contributed by atoms with Crippen molar-refractivity contribution in [2.75, 3.05) is 0 Å². The molecule has 0 amide bonds. The van der Waals surface area contributed by atoms with Gasteiger partial charge in [-0.2, -0.15) is 0 Å². The van der Waals surface area contributed by atoms with Gasteiger partial charge in [0, 0.05) is 0 Å². The summed E-state index contributed by atoms with van der Waals surface area (Å²) in [6, 6.07) is 6.83. The third-order valence-corrected chi connectivity index (χ3v) is 5.67. The van der Waals surface area contributed by atoms with Crippen LogP contribution in [0.2, 0.25) is 0 Å². The zero-order valence-electron chi connectivity index (χ0n) is 20.2. The van der Waals surface area contributed by atoms with E-state index in [1.165, 1.54) is 0 Å². The molecule has 3 aromatic rings. The molecule has 36 heavy (non-hydrogen) atoms. The molecule has 0 saturated carbocycles. The zero-order valence-corrected chi connectivity index (χ0v) is 20.2. The number of rotatable bonds is 6. The first-order valence-corrected chi connectivity index (χ1v) is 11.2. The predicted octanol–water partition coefficient (Wildman–Crippen LogP) is 9.81. The van der Waals surface area contributed by atoms with E-state index in [0.717, 1.165) is 24.3 Å². The minimum Gasteiger partial charge on any atom is -0.204 e. The molecule has 0 radical (unpaired) electrons.